The van der Waals surface area contributed by atoms with Gasteiger partial charge in [-0.05, 0) is 45.2 Å². The smallest absolute Gasteiger partial charge is 0.241 e. The van der Waals surface area contributed by atoms with Gasteiger partial charge in [-0.15, -0.1) is 0 Å². The minimum atomic E-state index is -0.883. The zero-order chi connectivity index (χ0) is 22.7. The highest BCUT2D eigenvalue weighted by Gasteiger charge is 2.31. The molecule has 0 saturated carbocycles. The van der Waals surface area contributed by atoms with E-state index in [4.69, 9.17) is 0 Å². The molecule has 0 bridgehead atoms. The van der Waals surface area contributed by atoms with E-state index < -0.39 is 23.6 Å². The second kappa shape index (κ2) is 9.22. The topological polar surface area (TPSA) is 81.8 Å². The van der Waals surface area contributed by atoms with Crippen molar-refractivity contribution in [2.24, 2.45) is 0 Å². The lowest BCUT2D eigenvalue weighted by Gasteiger charge is -2.31. The number of para-hydroxylation sites is 2. The van der Waals surface area contributed by atoms with Gasteiger partial charge in [-0.2, -0.15) is 0 Å². The number of hydrogen-bond acceptors (Lipinski definition) is 4. The number of fused-ring (bicyclic) bond motifs is 1. The molecular weight excluding hydrogens is 406 g/mol. The maximum Gasteiger partial charge on any atom is 0.241 e. The van der Waals surface area contributed by atoms with Gasteiger partial charge in [-0.1, -0.05) is 12.1 Å². The molecule has 1 aliphatic rings. The van der Waals surface area contributed by atoms with Gasteiger partial charge in [0.25, 0.3) is 0 Å². The summed E-state index contributed by atoms with van der Waals surface area (Å²) in [5.74, 6) is -2.64. The predicted molar refractivity (Wildman–Crippen MR) is 114 cm³/mol. The van der Waals surface area contributed by atoms with Crippen molar-refractivity contribution < 1.29 is 23.2 Å². The molecule has 1 heterocycles. The Hall–Kier alpha value is -3.33. The summed E-state index contributed by atoms with van der Waals surface area (Å²) >= 11 is 0. The van der Waals surface area contributed by atoms with Gasteiger partial charge in [0.05, 0.1) is 29.6 Å². The van der Waals surface area contributed by atoms with E-state index >= 15 is 0 Å². The van der Waals surface area contributed by atoms with Crippen molar-refractivity contribution in [2.75, 3.05) is 29.1 Å². The first-order valence-electron chi connectivity index (χ1n) is 9.84. The number of carbonyl (C=O) groups excluding carboxylic acids is 3. The number of halogens is 2. The molecule has 2 atom stereocenters. The van der Waals surface area contributed by atoms with E-state index in [0.717, 1.165) is 12.1 Å². The lowest BCUT2D eigenvalue weighted by Crippen LogP contribution is -2.48. The normalized spacial score (nSPS) is 16.9. The number of benzene rings is 2. The van der Waals surface area contributed by atoms with Gasteiger partial charge in [0.1, 0.15) is 11.6 Å². The molecule has 0 aliphatic carbocycles. The number of rotatable bonds is 5. The fraction of sp³-hybridized carbons (Fsp3) is 0.318. The second-order valence-corrected chi connectivity index (χ2v) is 7.59. The fourth-order valence-corrected chi connectivity index (χ4v) is 3.42. The molecule has 31 heavy (non-hydrogen) atoms. The summed E-state index contributed by atoms with van der Waals surface area (Å²) in [7, 11) is 1.60. The Bertz CT molecular complexity index is 1010. The molecule has 9 heteroatoms. The average Bonchev–Trinajstić information content (AvgIpc) is 2.83. The van der Waals surface area contributed by atoms with Crippen LogP contribution in [0.5, 0.6) is 0 Å². The van der Waals surface area contributed by atoms with Crippen LogP contribution >= 0.6 is 0 Å². The summed E-state index contributed by atoms with van der Waals surface area (Å²) in [6.45, 7) is 3.26. The summed E-state index contributed by atoms with van der Waals surface area (Å²) in [5, 5.41) is 5.21. The van der Waals surface area contributed by atoms with Gasteiger partial charge in [0, 0.05) is 18.5 Å². The van der Waals surface area contributed by atoms with Crippen molar-refractivity contribution in [3.63, 3.8) is 0 Å². The molecule has 0 aromatic heterocycles. The quantitative estimate of drug-likeness (QED) is 0.764. The van der Waals surface area contributed by atoms with Gasteiger partial charge in [-0.3, -0.25) is 19.3 Å². The van der Waals surface area contributed by atoms with Crippen LogP contribution in [-0.4, -0.2) is 48.3 Å². The Morgan fingerprint density at radius 2 is 1.97 bits per heavy atom. The first-order chi connectivity index (χ1) is 14.7. The third kappa shape index (κ3) is 5.05. The SMILES string of the molecule is C[C@H](C(=O)Nc1ccc(F)cc1F)N(C)CC(=O)N1c2ccccc2NC(=O)C[C@@H]1C. The van der Waals surface area contributed by atoms with E-state index in [1.165, 1.54) is 4.90 Å². The molecule has 3 rings (SSSR count). The second-order valence-electron chi connectivity index (χ2n) is 7.59. The number of carbonyl (C=O) groups is 3. The van der Waals surface area contributed by atoms with Crippen LogP contribution < -0.4 is 15.5 Å². The third-order valence-corrected chi connectivity index (χ3v) is 5.24. The van der Waals surface area contributed by atoms with E-state index in [0.29, 0.717) is 17.4 Å². The van der Waals surface area contributed by atoms with E-state index in [1.54, 1.807) is 50.1 Å². The monoisotopic (exact) mass is 430 g/mol. The minimum Gasteiger partial charge on any atom is -0.324 e. The average molecular weight is 430 g/mol. The Kier molecular flexibility index (Phi) is 6.65. The zero-order valence-electron chi connectivity index (χ0n) is 17.5. The number of likely N-dealkylation sites (N-methyl/N-ethyl adjacent to an activating group) is 1. The van der Waals surface area contributed by atoms with Crippen molar-refractivity contribution in [3.8, 4) is 0 Å². The van der Waals surface area contributed by atoms with Crippen LogP contribution in [0.2, 0.25) is 0 Å². The minimum absolute atomic E-state index is 0.104. The standard InChI is InChI=1S/C22H24F2N4O3/c1-13-10-20(29)25-18-6-4-5-7-19(18)28(13)21(30)12-27(3)14(2)22(31)26-17-9-8-15(23)11-16(17)24/h4-9,11,13-14H,10,12H2,1-3H3,(H,25,29)(H,26,31)/t13-,14+/m0/s1. The highest BCUT2D eigenvalue weighted by molar-refractivity contribution is 6.05. The van der Waals surface area contributed by atoms with Gasteiger partial charge in [0.2, 0.25) is 17.7 Å². The fourth-order valence-electron chi connectivity index (χ4n) is 3.42. The molecule has 7 nitrogen and oxygen atoms in total. The number of hydrogen-bond donors (Lipinski definition) is 2. The zero-order valence-corrected chi connectivity index (χ0v) is 17.5. The van der Waals surface area contributed by atoms with Gasteiger partial charge < -0.3 is 15.5 Å². The van der Waals surface area contributed by atoms with Crippen LogP contribution in [0.4, 0.5) is 25.8 Å². The van der Waals surface area contributed by atoms with E-state index in [1.807, 2.05) is 0 Å². The van der Waals surface area contributed by atoms with Crippen LogP contribution in [0.25, 0.3) is 0 Å². The van der Waals surface area contributed by atoms with Crippen LogP contribution in [0.1, 0.15) is 20.3 Å². The van der Waals surface area contributed by atoms with Gasteiger partial charge in [0.15, 0.2) is 0 Å². The van der Waals surface area contributed by atoms with Crippen molar-refractivity contribution in [1.82, 2.24) is 4.90 Å². The summed E-state index contributed by atoms with van der Waals surface area (Å²) in [5.41, 5.74) is 0.993. The Labute approximate surface area is 179 Å². The Morgan fingerprint density at radius 3 is 2.68 bits per heavy atom. The Morgan fingerprint density at radius 1 is 1.26 bits per heavy atom. The number of nitrogens with zero attached hydrogens (tertiary/aromatic N) is 2. The van der Waals surface area contributed by atoms with Gasteiger partial charge in [-0.25, -0.2) is 8.78 Å². The number of anilines is 3. The highest BCUT2D eigenvalue weighted by atomic mass is 19.1. The largest absolute Gasteiger partial charge is 0.324 e. The summed E-state index contributed by atoms with van der Waals surface area (Å²) in [6, 6.07) is 8.75. The maximum atomic E-state index is 13.8. The van der Waals surface area contributed by atoms with E-state index in [2.05, 4.69) is 10.6 Å². The van der Waals surface area contributed by atoms with E-state index in [-0.39, 0.29) is 36.5 Å². The highest BCUT2D eigenvalue weighted by Crippen LogP contribution is 2.31. The van der Waals surface area contributed by atoms with Crippen molar-refractivity contribution in [3.05, 3.63) is 54.1 Å². The maximum absolute atomic E-state index is 13.8. The van der Waals surface area contributed by atoms with Crippen molar-refractivity contribution in [1.29, 1.82) is 0 Å². The molecule has 1 aliphatic heterocycles. The molecule has 0 spiro atoms. The summed E-state index contributed by atoms with van der Waals surface area (Å²) < 4.78 is 26.9. The molecular formula is C22H24F2N4O3. The van der Waals surface area contributed by atoms with Crippen molar-refractivity contribution >= 4 is 34.8 Å². The number of amides is 3. The third-order valence-electron chi connectivity index (χ3n) is 5.24. The Balaban J connectivity index is 1.71. The van der Waals surface area contributed by atoms with Crippen LogP contribution in [0, 0.1) is 11.6 Å². The van der Waals surface area contributed by atoms with Crippen molar-refractivity contribution in [2.45, 2.75) is 32.4 Å². The lowest BCUT2D eigenvalue weighted by molar-refractivity contribution is -0.123. The first kappa shape index (κ1) is 22.4. The van der Waals surface area contributed by atoms with Crippen LogP contribution in [-0.2, 0) is 14.4 Å². The van der Waals surface area contributed by atoms with Crippen LogP contribution in [0.15, 0.2) is 42.5 Å². The lowest BCUT2D eigenvalue weighted by atomic mass is 10.1. The van der Waals surface area contributed by atoms with Gasteiger partial charge >= 0.3 is 0 Å². The molecule has 0 unspecified atom stereocenters. The first-order valence-corrected chi connectivity index (χ1v) is 9.84. The molecule has 2 aromatic carbocycles. The van der Waals surface area contributed by atoms with E-state index in [9.17, 15) is 23.2 Å². The molecule has 0 fully saturated rings. The number of nitrogens with one attached hydrogen (secondary N) is 2. The molecule has 2 aromatic rings. The molecule has 0 saturated heterocycles. The molecule has 164 valence electrons. The molecule has 2 N–H and O–H groups in total. The van der Waals surface area contributed by atoms with Crippen LogP contribution in [0.3, 0.4) is 0 Å². The predicted octanol–water partition coefficient (Wildman–Crippen LogP) is 2.99. The summed E-state index contributed by atoms with van der Waals surface area (Å²) in [6.07, 6.45) is 0.143. The molecule has 3 amide bonds. The molecule has 0 radical (unpaired) electrons. The summed E-state index contributed by atoms with van der Waals surface area (Å²) in [4.78, 5) is 40.8.